The van der Waals surface area contributed by atoms with Crippen molar-refractivity contribution >= 4 is 11.8 Å². The van der Waals surface area contributed by atoms with Gasteiger partial charge in [-0.1, -0.05) is 12.1 Å². The summed E-state index contributed by atoms with van der Waals surface area (Å²) in [7, 11) is 3.16. The highest BCUT2D eigenvalue weighted by Crippen LogP contribution is 2.19. The molecule has 180 valence electrons. The number of carbonyl (C=O) groups excluding carboxylic acids is 2. The van der Waals surface area contributed by atoms with Gasteiger partial charge in [0.15, 0.2) is 0 Å². The molecule has 4 N–H and O–H groups in total. The average molecular weight is 457 g/mol. The molecule has 0 radical (unpaired) electrons. The second kappa shape index (κ2) is 13.4. The van der Waals surface area contributed by atoms with Crippen LogP contribution in [0.3, 0.4) is 0 Å². The van der Waals surface area contributed by atoms with E-state index in [1.807, 2.05) is 38.1 Å². The Labute approximate surface area is 196 Å². The van der Waals surface area contributed by atoms with E-state index in [2.05, 4.69) is 10.6 Å². The summed E-state index contributed by atoms with van der Waals surface area (Å²) >= 11 is 0. The summed E-state index contributed by atoms with van der Waals surface area (Å²) in [5.74, 6) is 0.897. The molecule has 0 aromatic heterocycles. The molecule has 8 heteroatoms. The normalized spacial score (nSPS) is 11.5. The molecule has 0 bridgehead atoms. The highest BCUT2D eigenvalue weighted by Gasteiger charge is 2.17. The van der Waals surface area contributed by atoms with Crippen molar-refractivity contribution in [2.24, 2.45) is 5.73 Å². The largest absolute Gasteiger partial charge is 0.497 e. The molecular formula is C25H36N4O4. The Morgan fingerprint density at radius 3 is 2.36 bits per heavy atom. The number of nitrogens with two attached hydrogens (primary N) is 1. The number of hydrogen-bond donors (Lipinski definition) is 3. The first-order valence-corrected chi connectivity index (χ1v) is 11.3. The lowest BCUT2D eigenvalue weighted by Gasteiger charge is -2.19. The number of ether oxygens (including phenoxy) is 2. The van der Waals surface area contributed by atoms with E-state index in [1.165, 1.54) is 7.11 Å². The van der Waals surface area contributed by atoms with E-state index >= 15 is 0 Å². The van der Waals surface area contributed by atoms with Crippen molar-refractivity contribution < 1.29 is 19.1 Å². The van der Waals surface area contributed by atoms with E-state index in [1.54, 1.807) is 30.2 Å². The molecule has 0 aliphatic heterocycles. The molecule has 0 spiro atoms. The third kappa shape index (κ3) is 8.07. The van der Waals surface area contributed by atoms with Gasteiger partial charge in [0.2, 0.25) is 0 Å². The maximum Gasteiger partial charge on any atom is 0.253 e. The van der Waals surface area contributed by atoms with Crippen molar-refractivity contribution in [3.05, 3.63) is 59.2 Å². The Bertz CT molecular complexity index is 915. The molecule has 0 aliphatic rings. The summed E-state index contributed by atoms with van der Waals surface area (Å²) in [5.41, 5.74) is 8.11. The van der Waals surface area contributed by atoms with Gasteiger partial charge in [0.05, 0.1) is 14.2 Å². The number of hydrogen-bond acceptors (Lipinski definition) is 6. The van der Waals surface area contributed by atoms with Crippen LogP contribution in [-0.2, 0) is 6.54 Å². The van der Waals surface area contributed by atoms with E-state index in [9.17, 15) is 9.59 Å². The van der Waals surface area contributed by atoms with Crippen molar-refractivity contribution in [1.82, 2.24) is 15.5 Å². The standard InChI is InChI=1S/C25H36N4O4/c1-5-29(6-2)25(31)20-13-19(14-23(15-20)33-4)24(30)28-11-10-21(26)17-27-16-18-8-7-9-22(12-18)32-3/h7-9,12-15,21,27H,5-6,10-11,16-17,26H2,1-4H3,(H,28,30). The molecule has 0 saturated carbocycles. The summed E-state index contributed by atoms with van der Waals surface area (Å²) in [6.45, 7) is 6.76. The first-order chi connectivity index (χ1) is 15.9. The zero-order chi connectivity index (χ0) is 24.2. The molecule has 2 aromatic rings. The highest BCUT2D eigenvalue weighted by atomic mass is 16.5. The topological polar surface area (TPSA) is 106 Å². The van der Waals surface area contributed by atoms with Gasteiger partial charge in [-0.15, -0.1) is 0 Å². The monoisotopic (exact) mass is 456 g/mol. The van der Waals surface area contributed by atoms with Crippen LogP contribution >= 0.6 is 0 Å². The van der Waals surface area contributed by atoms with Crippen molar-refractivity contribution in [3.63, 3.8) is 0 Å². The third-order valence-electron chi connectivity index (χ3n) is 5.37. The molecule has 0 heterocycles. The molecule has 0 aliphatic carbocycles. The van der Waals surface area contributed by atoms with Crippen LogP contribution in [-0.4, -0.2) is 63.2 Å². The van der Waals surface area contributed by atoms with Gasteiger partial charge >= 0.3 is 0 Å². The van der Waals surface area contributed by atoms with Crippen LogP contribution in [0.5, 0.6) is 11.5 Å². The van der Waals surface area contributed by atoms with E-state index in [-0.39, 0.29) is 17.9 Å². The maximum absolute atomic E-state index is 12.7. The Hall–Kier alpha value is -3.10. The van der Waals surface area contributed by atoms with Crippen LogP contribution < -0.4 is 25.8 Å². The van der Waals surface area contributed by atoms with Gasteiger partial charge < -0.3 is 30.7 Å². The fourth-order valence-electron chi connectivity index (χ4n) is 3.42. The Balaban J connectivity index is 1.85. The molecule has 0 saturated heterocycles. The van der Waals surface area contributed by atoms with Crippen LogP contribution in [0.25, 0.3) is 0 Å². The predicted molar refractivity (Wildman–Crippen MR) is 130 cm³/mol. The van der Waals surface area contributed by atoms with Crippen LogP contribution in [0.2, 0.25) is 0 Å². The Morgan fingerprint density at radius 2 is 1.70 bits per heavy atom. The second-order valence-electron chi connectivity index (χ2n) is 7.71. The fraction of sp³-hybridized carbons (Fsp3) is 0.440. The first-order valence-electron chi connectivity index (χ1n) is 11.3. The van der Waals surface area contributed by atoms with Gasteiger partial charge in [-0.3, -0.25) is 9.59 Å². The minimum absolute atomic E-state index is 0.110. The Kier molecular flexibility index (Phi) is 10.7. The zero-order valence-electron chi connectivity index (χ0n) is 20.0. The van der Waals surface area contributed by atoms with E-state index in [4.69, 9.17) is 15.2 Å². The van der Waals surface area contributed by atoms with Gasteiger partial charge in [-0.2, -0.15) is 0 Å². The van der Waals surface area contributed by atoms with Gasteiger partial charge in [0, 0.05) is 49.9 Å². The molecule has 1 unspecified atom stereocenters. The van der Waals surface area contributed by atoms with E-state index in [0.717, 1.165) is 11.3 Å². The fourth-order valence-corrected chi connectivity index (χ4v) is 3.42. The van der Waals surface area contributed by atoms with Gasteiger partial charge in [0.25, 0.3) is 11.8 Å². The summed E-state index contributed by atoms with van der Waals surface area (Å²) < 4.78 is 10.5. The molecule has 1 atom stereocenters. The first kappa shape index (κ1) is 26.2. The number of amides is 2. The highest BCUT2D eigenvalue weighted by molar-refractivity contribution is 6.00. The SMILES string of the molecule is CCN(CC)C(=O)c1cc(OC)cc(C(=O)NCCC(N)CNCc2cccc(OC)c2)c1. The smallest absolute Gasteiger partial charge is 0.253 e. The van der Waals surface area contributed by atoms with E-state index in [0.29, 0.717) is 56.0 Å². The van der Waals surface area contributed by atoms with Crippen molar-refractivity contribution in [1.29, 1.82) is 0 Å². The van der Waals surface area contributed by atoms with Crippen LogP contribution in [0.4, 0.5) is 0 Å². The minimum Gasteiger partial charge on any atom is -0.497 e. The summed E-state index contributed by atoms with van der Waals surface area (Å²) in [6, 6.07) is 12.6. The number of rotatable bonds is 13. The minimum atomic E-state index is -0.265. The lowest BCUT2D eigenvalue weighted by molar-refractivity contribution is 0.0772. The van der Waals surface area contributed by atoms with E-state index < -0.39 is 0 Å². The third-order valence-corrected chi connectivity index (χ3v) is 5.37. The molecule has 0 fully saturated rings. The second-order valence-corrected chi connectivity index (χ2v) is 7.71. The Morgan fingerprint density at radius 1 is 1.00 bits per heavy atom. The molecule has 8 nitrogen and oxygen atoms in total. The quantitative estimate of drug-likeness (QED) is 0.428. The lowest BCUT2D eigenvalue weighted by Crippen LogP contribution is -2.37. The summed E-state index contributed by atoms with van der Waals surface area (Å²) in [6.07, 6.45) is 0.617. The molecular weight excluding hydrogens is 420 g/mol. The van der Waals surface area contributed by atoms with Crippen LogP contribution in [0.15, 0.2) is 42.5 Å². The maximum atomic E-state index is 12.7. The summed E-state index contributed by atoms with van der Waals surface area (Å²) in [4.78, 5) is 27.1. The number of nitrogens with zero attached hydrogens (tertiary/aromatic N) is 1. The van der Waals surface area contributed by atoms with Crippen LogP contribution in [0.1, 0.15) is 46.5 Å². The molecule has 2 amide bonds. The molecule has 33 heavy (non-hydrogen) atoms. The molecule has 2 rings (SSSR count). The van der Waals surface area contributed by atoms with Gasteiger partial charge in [-0.05, 0) is 56.2 Å². The van der Waals surface area contributed by atoms with Crippen molar-refractivity contribution in [3.8, 4) is 11.5 Å². The van der Waals surface area contributed by atoms with Crippen molar-refractivity contribution in [2.45, 2.75) is 32.9 Å². The van der Waals surface area contributed by atoms with Gasteiger partial charge in [0.1, 0.15) is 11.5 Å². The lowest BCUT2D eigenvalue weighted by atomic mass is 10.1. The predicted octanol–water partition coefficient (Wildman–Crippen LogP) is 2.42. The summed E-state index contributed by atoms with van der Waals surface area (Å²) in [5, 5.41) is 6.21. The average Bonchev–Trinajstić information content (AvgIpc) is 2.84. The zero-order valence-corrected chi connectivity index (χ0v) is 20.0. The number of nitrogens with one attached hydrogen (secondary N) is 2. The number of carbonyl (C=O) groups is 2. The van der Waals surface area contributed by atoms with Gasteiger partial charge in [-0.25, -0.2) is 0 Å². The van der Waals surface area contributed by atoms with Crippen molar-refractivity contribution in [2.75, 3.05) is 40.4 Å². The van der Waals surface area contributed by atoms with Crippen LogP contribution in [0, 0.1) is 0 Å². The number of methoxy groups -OCH3 is 2. The number of benzene rings is 2. The molecule has 2 aromatic carbocycles.